The third kappa shape index (κ3) is 4.29. The summed E-state index contributed by atoms with van der Waals surface area (Å²) >= 11 is 0. The molecule has 0 saturated carbocycles. The van der Waals surface area contributed by atoms with Crippen molar-refractivity contribution >= 4 is 0 Å². The van der Waals surface area contributed by atoms with Gasteiger partial charge in [-0.05, 0) is 37.9 Å². The first kappa shape index (κ1) is 15.9. The highest BCUT2D eigenvalue weighted by Gasteiger charge is 2.30. The van der Waals surface area contributed by atoms with E-state index in [4.69, 9.17) is 9.47 Å². The van der Waals surface area contributed by atoms with Crippen LogP contribution in [0, 0.1) is 0 Å². The summed E-state index contributed by atoms with van der Waals surface area (Å²) in [5.74, 6) is 0. The van der Waals surface area contributed by atoms with Crippen molar-refractivity contribution < 1.29 is 9.47 Å². The van der Waals surface area contributed by atoms with Gasteiger partial charge in [0.1, 0.15) is 0 Å². The van der Waals surface area contributed by atoms with E-state index in [-0.39, 0.29) is 6.10 Å². The lowest BCUT2D eigenvalue weighted by atomic mass is 10.0. The molecule has 2 saturated heterocycles. The summed E-state index contributed by atoms with van der Waals surface area (Å²) in [6, 6.07) is 11.8. The van der Waals surface area contributed by atoms with Gasteiger partial charge in [0.25, 0.3) is 0 Å². The molecule has 0 radical (unpaired) electrons. The molecule has 0 bridgehead atoms. The summed E-state index contributed by atoms with van der Waals surface area (Å²) in [4.78, 5) is 2.59. The van der Waals surface area contributed by atoms with Crippen molar-refractivity contribution in [3.63, 3.8) is 0 Å². The van der Waals surface area contributed by atoms with Gasteiger partial charge in [-0.3, -0.25) is 0 Å². The first-order valence-electron chi connectivity index (χ1n) is 8.48. The number of ether oxygens (including phenoxy) is 2. The maximum Gasteiger partial charge on any atom is 0.0979 e. The SMILES string of the molecule is CO[C@H]1COC[C@@H]1NC1CCN(CCc2ccccc2)CC1. The van der Waals surface area contributed by atoms with Crippen molar-refractivity contribution in [2.75, 3.05) is 40.0 Å². The average Bonchev–Trinajstić information content (AvgIpc) is 3.02. The molecule has 22 heavy (non-hydrogen) atoms. The van der Waals surface area contributed by atoms with Gasteiger partial charge < -0.3 is 19.7 Å². The smallest absolute Gasteiger partial charge is 0.0979 e. The van der Waals surface area contributed by atoms with E-state index in [0.717, 1.165) is 19.6 Å². The molecule has 2 atom stereocenters. The normalized spacial score (nSPS) is 27.3. The molecule has 4 nitrogen and oxygen atoms in total. The Balaban J connectivity index is 1.37. The van der Waals surface area contributed by atoms with Gasteiger partial charge in [0.05, 0.1) is 25.4 Å². The van der Waals surface area contributed by atoms with Crippen molar-refractivity contribution in [2.45, 2.75) is 37.5 Å². The molecule has 1 aromatic rings. The minimum absolute atomic E-state index is 0.219. The number of likely N-dealkylation sites (tertiary alicyclic amines) is 1. The van der Waals surface area contributed by atoms with Crippen LogP contribution in [0.5, 0.6) is 0 Å². The summed E-state index contributed by atoms with van der Waals surface area (Å²) in [6.45, 7) is 5.06. The molecule has 1 N–H and O–H groups in total. The zero-order chi connectivity index (χ0) is 15.2. The molecule has 0 amide bonds. The van der Waals surface area contributed by atoms with E-state index in [1.165, 1.54) is 38.0 Å². The highest BCUT2D eigenvalue weighted by Crippen LogP contribution is 2.16. The molecule has 1 aromatic carbocycles. The van der Waals surface area contributed by atoms with Crippen LogP contribution in [0.3, 0.4) is 0 Å². The van der Waals surface area contributed by atoms with Gasteiger partial charge in [-0.15, -0.1) is 0 Å². The van der Waals surface area contributed by atoms with E-state index in [0.29, 0.717) is 12.1 Å². The van der Waals surface area contributed by atoms with E-state index in [1.54, 1.807) is 7.11 Å². The van der Waals surface area contributed by atoms with Crippen molar-refractivity contribution in [1.82, 2.24) is 10.2 Å². The van der Waals surface area contributed by atoms with E-state index >= 15 is 0 Å². The van der Waals surface area contributed by atoms with Gasteiger partial charge in [-0.1, -0.05) is 30.3 Å². The van der Waals surface area contributed by atoms with Gasteiger partial charge in [-0.25, -0.2) is 0 Å². The largest absolute Gasteiger partial charge is 0.377 e. The summed E-state index contributed by atoms with van der Waals surface area (Å²) in [7, 11) is 1.78. The maximum atomic E-state index is 5.51. The minimum atomic E-state index is 0.219. The lowest BCUT2D eigenvalue weighted by molar-refractivity contribution is 0.0692. The second-order valence-corrected chi connectivity index (χ2v) is 6.44. The Hall–Kier alpha value is -0.940. The number of hydrogen-bond acceptors (Lipinski definition) is 4. The molecule has 2 fully saturated rings. The van der Waals surface area contributed by atoms with Crippen LogP contribution in [-0.4, -0.2) is 63.0 Å². The van der Waals surface area contributed by atoms with Crippen LogP contribution in [0.4, 0.5) is 0 Å². The second-order valence-electron chi connectivity index (χ2n) is 6.44. The fourth-order valence-corrected chi connectivity index (χ4v) is 3.48. The van der Waals surface area contributed by atoms with Gasteiger partial charge in [0.2, 0.25) is 0 Å². The summed E-state index contributed by atoms with van der Waals surface area (Å²) in [6.07, 6.45) is 3.82. The Bertz CT molecular complexity index is 432. The molecular formula is C18H28N2O2. The molecule has 0 aromatic heterocycles. The zero-order valence-corrected chi connectivity index (χ0v) is 13.5. The Morgan fingerprint density at radius 2 is 1.95 bits per heavy atom. The maximum absolute atomic E-state index is 5.51. The van der Waals surface area contributed by atoms with E-state index in [2.05, 4.69) is 40.5 Å². The van der Waals surface area contributed by atoms with E-state index in [9.17, 15) is 0 Å². The monoisotopic (exact) mass is 304 g/mol. The van der Waals surface area contributed by atoms with Gasteiger partial charge >= 0.3 is 0 Å². The third-order valence-corrected chi connectivity index (χ3v) is 4.93. The molecule has 2 heterocycles. The van der Waals surface area contributed by atoms with Crippen molar-refractivity contribution in [3.8, 4) is 0 Å². The highest BCUT2D eigenvalue weighted by molar-refractivity contribution is 5.14. The topological polar surface area (TPSA) is 33.7 Å². The molecular weight excluding hydrogens is 276 g/mol. The number of nitrogens with one attached hydrogen (secondary N) is 1. The van der Waals surface area contributed by atoms with Gasteiger partial charge in [0.15, 0.2) is 0 Å². The second kappa shape index (κ2) is 8.06. The molecule has 3 rings (SSSR count). The third-order valence-electron chi connectivity index (χ3n) is 4.93. The zero-order valence-electron chi connectivity index (χ0n) is 13.5. The minimum Gasteiger partial charge on any atom is -0.377 e. The highest BCUT2D eigenvalue weighted by atomic mass is 16.5. The van der Waals surface area contributed by atoms with Crippen LogP contribution in [0.1, 0.15) is 18.4 Å². The Morgan fingerprint density at radius 1 is 1.18 bits per heavy atom. The number of nitrogens with zero attached hydrogens (tertiary/aromatic N) is 1. The number of benzene rings is 1. The lowest BCUT2D eigenvalue weighted by Gasteiger charge is -2.34. The summed E-state index contributed by atoms with van der Waals surface area (Å²) in [5, 5.41) is 3.74. The molecule has 0 unspecified atom stereocenters. The van der Waals surface area contributed by atoms with Crippen LogP contribution in [0.2, 0.25) is 0 Å². The fourth-order valence-electron chi connectivity index (χ4n) is 3.48. The molecule has 4 heteroatoms. The summed E-state index contributed by atoms with van der Waals surface area (Å²) < 4.78 is 11.0. The number of rotatable bonds is 6. The predicted molar refractivity (Wildman–Crippen MR) is 88.1 cm³/mol. The summed E-state index contributed by atoms with van der Waals surface area (Å²) in [5.41, 5.74) is 1.44. The van der Waals surface area contributed by atoms with Crippen molar-refractivity contribution in [1.29, 1.82) is 0 Å². The number of hydrogen-bond donors (Lipinski definition) is 1. The molecule has 2 aliphatic rings. The van der Waals surface area contributed by atoms with E-state index < -0.39 is 0 Å². The van der Waals surface area contributed by atoms with Gasteiger partial charge in [-0.2, -0.15) is 0 Å². The van der Waals surface area contributed by atoms with Crippen LogP contribution in [0.25, 0.3) is 0 Å². The Morgan fingerprint density at radius 3 is 2.68 bits per heavy atom. The lowest BCUT2D eigenvalue weighted by Crippen LogP contribution is -2.50. The predicted octanol–water partition coefficient (Wildman–Crippen LogP) is 1.70. The first-order valence-corrected chi connectivity index (χ1v) is 8.48. The van der Waals surface area contributed by atoms with Crippen molar-refractivity contribution in [2.24, 2.45) is 0 Å². The van der Waals surface area contributed by atoms with Gasteiger partial charge in [0, 0.05) is 19.7 Å². The number of methoxy groups -OCH3 is 1. The molecule has 0 spiro atoms. The quantitative estimate of drug-likeness (QED) is 0.867. The number of piperidine rings is 1. The van der Waals surface area contributed by atoms with E-state index in [1.807, 2.05) is 0 Å². The molecule has 0 aliphatic carbocycles. The molecule has 122 valence electrons. The van der Waals surface area contributed by atoms with Crippen LogP contribution >= 0.6 is 0 Å². The van der Waals surface area contributed by atoms with Crippen LogP contribution in [-0.2, 0) is 15.9 Å². The molecule has 2 aliphatic heterocycles. The standard InChI is InChI=1S/C18H28N2O2/c1-21-18-14-22-13-17(18)19-16-8-11-20(12-9-16)10-7-15-5-3-2-4-6-15/h2-6,16-19H,7-14H2,1H3/t17-,18-/m0/s1. The van der Waals surface area contributed by atoms with Crippen LogP contribution in [0.15, 0.2) is 30.3 Å². The Kier molecular flexibility index (Phi) is 5.84. The average molecular weight is 304 g/mol. The van der Waals surface area contributed by atoms with Crippen LogP contribution < -0.4 is 5.32 Å². The first-order chi connectivity index (χ1) is 10.8. The fraction of sp³-hybridized carbons (Fsp3) is 0.667. The Labute approximate surface area is 133 Å². The van der Waals surface area contributed by atoms with Crippen molar-refractivity contribution in [3.05, 3.63) is 35.9 Å².